The SMILES string of the molecule is CN(CCNC(=O)CCNC(=O)C12CC3CC(CC(C3)C1)C2)c1ccccc1. The number of carbonyl (C=O) groups is 2. The van der Waals surface area contributed by atoms with E-state index in [4.69, 9.17) is 0 Å². The van der Waals surface area contributed by atoms with Gasteiger partial charge in [0, 0.05) is 44.2 Å². The van der Waals surface area contributed by atoms with Gasteiger partial charge in [-0.1, -0.05) is 18.2 Å². The Labute approximate surface area is 168 Å². The molecular formula is C23H33N3O2. The van der Waals surface area contributed by atoms with Gasteiger partial charge >= 0.3 is 0 Å². The molecule has 4 aliphatic carbocycles. The summed E-state index contributed by atoms with van der Waals surface area (Å²) in [4.78, 5) is 27.1. The summed E-state index contributed by atoms with van der Waals surface area (Å²) in [6.45, 7) is 1.81. The summed E-state index contributed by atoms with van der Waals surface area (Å²) in [7, 11) is 2.02. The van der Waals surface area contributed by atoms with Gasteiger partial charge in [0.2, 0.25) is 11.8 Å². The average molecular weight is 384 g/mol. The van der Waals surface area contributed by atoms with Crippen LogP contribution in [0.4, 0.5) is 5.69 Å². The summed E-state index contributed by atoms with van der Waals surface area (Å²) < 4.78 is 0. The van der Waals surface area contributed by atoms with Gasteiger partial charge in [-0.05, 0) is 68.4 Å². The fraction of sp³-hybridized carbons (Fsp3) is 0.652. The second-order valence-corrected chi connectivity index (χ2v) is 9.31. The molecule has 0 atom stereocenters. The van der Waals surface area contributed by atoms with E-state index in [2.05, 4.69) is 27.7 Å². The number of hydrogen-bond donors (Lipinski definition) is 2. The average Bonchev–Trinajstić information content (AvgIpc) is 2.67. The van der Waals surface area contributed by atoms with E-state index in [9.17, 15) is 9.59 Å². The van der Waals surface area contributed by atoms with Crippen LogP contribution in [0.15, 0.2) is 30.3 Å². The first-order valence-electron chi connectivity index (χ1n) is 10.9. The molecule has 1 aromatic carbocycles. The quantitative estimate of drug-likeness (QED) is 0.726. The zero-order valence-electron chi connectivity index (χ0n) is 17.0. The third kappa shape index (κ3) is 4.18. The number of amides is 2. The van der Waals surface area contributed by atoms with Crippen molar-refractivity contribution in [2.45, 2.75) is 44.9 Å². The van der Waals surface area contributed by atoms with Gasteiger partial charge in [-0.2, -0.15) is 0 Å². The van der Waals surface area contributed by atoms with Crippen molar-refractivity contribution in [3.05, 3.63) is 30.3 Å². The molecule has 0 radical (unpaired) electrons. The fourth-order valence-corrected chi connectivity index (χ4v) is 6.13. The van der Waals surface area contributed by atoms with E-state index < -0.39 is 0 Å². The Morgan fingerprint density at radius 2 is 1.57 bits per heavy atom. The normalized spacial score (nSPS) is 30.1. The molecule has 4 saturated carbocycles. The van der Waals surface area contributed by atoms with Crippen molar-refractivity contribution in [1.29, 1.82) is 0 Å². The molecule has 5 nitrogen and oxygen atoms in total. The highest BCUT2D eigenvalue weighted by molar-refractivity contribution is 5.84. The molecule has 152 valence electrons. The van der Waals surface area contributed by atoms with Crippen LogP contribution >= 0.6 is 0 Å². The van der Waals surface area contributed by atoms with Crippen LogP contribution in [0.25, 0.3) is 0 Å². The van der Waals surface area contributed by atoms with Crippen molar-refractivity contribution < 1.29 is 9.59 Å². The maximum absolute atomic E-state index is 12.9. The van der Waals surface area contributed by atoms with Crippen molar-refractivity contribution in [2.75, 3.05) is 31.6 Å². The van der Waals surface area contributed by atoms with Crippen molar-refractivity contribution >= 4 is 17.5 Å². The fourth-order valence-electron chi connectivity index (χ4n) is 6.13. The second kappa shape index (κ2) is 8.14. The number of hydrogen-bond acceptors (Lipinski definition) is 3. The molecule has 0 spiro atoms. The van der Waals surface area contributed by atoms with Crippen molar-refractivity contribution in [1.82, 2.24) is 10.6 Å². The summed E-state index contributed by atoms with van der Waals surface area (Å²) in [5.74, 6) is 2.51. The number of likely N-dealkylation sites (N-methyl/N-ethyl adjacent to an activating group) is 1. The van der Waals surface area contributed by atoms with Crippen molar-refractivity contribution in [3.8, 4) is 0 Å². The molecule has 4 aliphatic rings. The summed E-state index contributed by atoms with van der Waals surface area (Å²) in [5.41, 5.74) is 1.02. The summed E-state index contributed by atoms with van der Waals surface area (Å²) in [6.07, 6.45) is 7.59. The molecular weight excluding hydrogens is 350 g/mol. The van der Waals surface area contributed by atoms with Gasteiger partial charge in [0.15, 0.2) is 0 Å². The number of nitrogens with one attached hydrogen (secondary N) is 2. The van der Waals surface area contributed by atoms with E-state index in [0.29, 0.717) is 19.5 Å². The van der Waals surface area contributed by atoms with Crippen LogP contribution < -0.4 is 15.5 Å². The minimum Gasteiger partial charge on any atom is -0.373 e. The maximum Gasteiger partial charge on any atom is 0.226 e. The van der Waals surface area contributed by atoms with Gasteiger partial charge in [-0.25, -0.2) is 0 Å². The van der Waals surface area contributed by atoms with Gasteiger partial charge in [-0.3, -0.25) is 9.59 Å². The smallest absolute Gasteiger partial charge is 0.226 e. The molecule has 2 N–H and O–H groups in total. The highest BCUT2D eigenvalue weighted by atomic mass is 16.2. The predicted molar refractivity (Wildman–Crippen MR) is 111 cm³/mol. The lowest BCUT2D eigenvalue weighted by Gasteiger charge is -2.55. The summed E-state index contributed by atoms with van der Waals surface area (Å²) in [5, 5.41) is 6.05. The summed E-state index contributed by atoms with van der Waals surface area (Å²) in [6, 6.07) is 10.1. The minimum atomic E-state index is -0.121. The Morgan fingerprint density at radius 3 is 2.18 bits per heavy atom. The highest BCUT2D eigenvalue weighted by Crippen LogP contribution is 2.60. The molecule has 4 bridgehead atoms. The van der Waals surface area contributed by atoms with Crippen molar-refractivity contribution in [2.24, 2.45) is 23.2 Å². The molecule has 0 heterocycles. The van der Waals surface area contributed by atoms with E-state index in [1.807, 2.05) is 25.2 Å². The molecule has 5 rings (SSSR count). The Morgan fingerprint density at radius 1 is 0.964 bits per heavy atom. The second-order valence-electron chi connectivity index (χ2n) is 9.31. The lowest BCUT2D eigenvalue weighted by Crippen LogP contribution is -2.53. The van der Waals surface area contributed by atoms with E-state index in [-0.39, 0.29) is 17.2 Å². The van der Waals surface area contributed by atoms with E-state index in [0.717, 1.165) is 49.2 Å². The molecule has 2 amide bonds. The number of anilines is 1. The van der Waals surface area contributed by atoms with Gasteiger partial charge in [0.1, 0.15) is 0 Å². The molecule has 0 saturated heterocycles. The van der Waals surface area contributed by atoms with Gasteiger partial charge < -0.3 is 15.5 Å². The van der Waals surface area contributed by atoms with E-state index >= 15 is 0 Å². The molecule has 4 fully saturated rings. The topological polar surface area (TPSA) is 61.4 Å². The Bertz CT molecular complexity index is 668. The van der Waals surface area contributed by atoms with Gasteiger partial charge in [-0.15, -0.1) is 0 Å². The largest absolute Gasteiger partial charge is 0.373 e. The third-order valence-electron chi connectivity index (χ3n) is 7.12. The Balaban J connectivity index is 1.15. The van der Waals surface area contributed by atoms with Crippen LogP contribution in [0.5, 0.6) is 0 Å². The molecule has 1 aromatic rings. The predicted octanol–water partition coefficient (Wildman–Crippen LogP) is 2.96. The first-order valence-corrected chi connectivity index (χ1v) is 10.9. The number of benzene rings is 1. The molecule has 28 heavy (non-hydrogen) atoms. The van der Waals surface area contributed by atoms with Crippen LogP contribution in [0, 0.1) is 23.2 Å². The number of nitrogens with zero attached hydrogens (tertiary/aromatic N) is 1. The van der Waals surface area contributed by atoms with E-state index in [1.54, 1.807) is 0 Å². The zero-order chi connectivity index (χ0) is 19.6. The molecule has 0 aliphatic heterocycles. The monoisotopic (exact) mass is 383 g/mol. The van der Waals surface area contributed by atoms with Crippen LogP contribution in [-0.4, -0.2) is 38.5 Å². The Kier molecular flexibility index (Phi) is 5.61. The first-order chi connectivity index (χ1) is 13.5. The standard InChI is InChI=1S/C23H33N3O2/c1-26(20-5-3-2-4-6-20)10-9-24-21(27)7-8-25-22(28)23-14-17-11-18(15-23)13-19(12-17)16-23/h2-6,17-19H,7-16H2,1H3,(H,24,27)(H,25,28). The van der Waals surface area contributed by atoms with Crippen LogP contribution in [0.2, 0.25) is 0 Å². The molecule has 0 unspecified atom stereocenters. The van der Waals surface area contributed by atoms with Crippen LogP contribution in [-0.2, 0) is 9.59 Å². The first kappa shape index (κ1) is 19.3. The lowest BCUT2D eigenvalue weighted by atomic mass is 9.49. The van der Waals surface area contributed by atoms with Crippen LogP contribution in [0.3, 0.4) is 0 Å². The maximum atomic E-state index is 12.9. The van der Waals surface area contributed by atoms with E-state index in [1.165, 1.54) is 19.3 Å². The highest BCUT2D eigenvalue weighted by Gasteiger charge is 2.54. The van der Waals surface area contributed by atoms with Crippen molar-refractivity contribution in [3.63, 3.8) is 0 Å². The number of rotatable bonds is 8. The van der Waals surface area contributed by atoms with Gasteiger partial charge in [0.05, 0.1) is 0 Å². The van der Waals surface area contributed by atoms with Crippen LogP contribution in [0.1, 0.15) is 44.9 Å². The minimum absolute atomic E-state index is 0.00673. The summed E-state index contributed by atoms with van der Waals surface area (Å²) >= 11 is 0. The number of para-hydroxylation sites is 1. The van der Waals surface area contributed by atoms with Gasteiger partial charge in [0.25, 0.3) is 0 Å². The molecule has 0 aromatic heterocycles. The Hall–Kier alpha value is -2.04. The number of carbonyl (C=O) groups excluding carboxylic acids is 2. The zero-order valence-corrected chi connectivity index (χ0v) is 17.0. The molecule has 5 heteroatoms. The third-order valence-corrected chi connectivity index (χ3v) is 7.12. The lowest BCUT2D eigenvalue weighted by molar-refractivity contribution is -0.146.